The summed E-state index contributed by atoms with van der Waals surface area (Å²) >= 11 is 1.63. The van der Waals surface area contributed by atoms with E-state index in [2.05, 4.69) is 37.4 Å². The second-order valence-corrected chi connectivity index (χ2v) is 9.00. The van der Waals surface area contributed by atoms with Gasteiger partial charge >= 0.3 is 0 Å². The Bertz CT molecular complexity index is 1060. The molecular weight excluding hydrogens is 404 g/mol. The number of nitrogens with one attached hydrogen (secondary N) is 1. The summed E-state index contributed by atoms with van der Waals surface area (Å²) in [6, 6.07) is 24.1. The van der Waals surface area contributed by atoms with Crippen molar-refractivity contribution in [2.45, 2.75) is 32.1 Å². The van der Waals surface area contributed by atoms with Crippen molar-refractivity contribution in [3.05, 3.63) is 95.1 Å². The van der Waals surface area contributed by atoms with E-state index in [4.69, 9.17) is 0 Å². The van der Waals surface area contributed by atoms with Gasteiger partial charge in [0.1, 0.15) is 5.37 Å². The molecule has 0 unspecified atom stereocenters. The number of carbonyl (C=O) groups is 2. The highest BCUT2D eigenvalue weighted by Gasteiger charge is 2.34. The highest BCUT2D eigenvalue weighted by Crippen LogP contribution is 2.42. The molecule has 0 bridgehead atoms. The normalized spacial score (nSPS) is 15.9. The molecule has 1 aliphatic heterocycles. The van der Waals surface area contributed by atoms with Gasteiger partial charge in [0, 0.05) is 17.8 Å². The fourth-order valence-electron chi connectivity index (χ4n) is 3.90. The molecule has 0 saturated carbocycles. The Morgan fingerprint density at radius 1 is 1.00 bits per heavy atom. The molecule has 1 aliphatic rings. The summed E-state index contributed by atoms with van der Waals surface area (Å²) in [6.07, 6.45) is 1.16. The van der Waals surface area contributed by atoms with Gasteiger partial charge in [0.25, 0.3) is 0 Å². The molecule has 3 aromatic rings. The van der Waals surface area contributed by atoms with Gasteiger partial charge in [-0.3, -0.25) is 14.5 Å². The van der Waals surface area contributed by atoms with Crippen LogP contribution in [0.1, 0.15) is 34.0 Å². The van der Waals surface area contributed by atoms with Gasteiger partial charge in [-0.05, 0) is 66.8 Å². The lowest BCUT2D eigenvalue weighted by atomic mass is 10.1. The molecule has 1 saturated heterocycles. The van der Waals surface area contributed by atoms with E-state index < -0.39 is 0 Å². The molecule has 0 radical (unpaired) electrons. The fourth-order valence-corrected chi connectivity index (χ4v) is 5.07. The smallest absolute Gasteiger partial charge is 0.238 e. The molecule has 2 amide bonds. The summed E-state index contributed by atoms with van der Waals surface area (Å²) in [4.78, 5) is 26.8. The number of aryl methyl sites for hydroxylation is 3. The molecule has 3 aromatic carbocycles. The highest BCUT2D eigenvalue weighted by molar-refractivity contribution is 8.00. The molecule has 1 fully saturated rings. The van der Waals surface area contributed by atoms with E-state index in [1.165, 1.54) is 0 Å². The first-order valence-corrected chi connectivity index (χ1v) is 11.5. The van der Waals surface area contributed by atoms with Crippen LogP contribution in [0.15, 0.2) is 72.8 Å². The first-order chi connectivity index (χ1) is 15.0. The molecule has 5 heteroatoms. The van der Waals surface area contributed by atoms with Crippen LogP contribution in [0.3, 0.4) is 0 Å². The average molecular weight is 431 g/mol. The van der Waals surface area contributed by atoms with Crippen molar-refractivity contribution >= 4 is 35.0 Å². The molecule has 158 valence electrons. The van der Waals surface area contributed by atoms with Crippen LogP contribution in [0.4, 0.5) is 11.4 Å². The number of carbonyl (C=O) groups excluding carboxylic acids is 2. The third-order valence-electron chi connectivity index (χ3n) is 5.32. The van der Waals surface area contributed by atoms with Crippen molar-refractivity contribution in [3.8, 4) is 0 Å². The molecule has 1 N–H and O–H groups in total. The summed E-state index contributed by atoms with van der Waals surface area (Å²) in [5.74, 6) is 0.590. The Hall–Kier alpha value is -3.05. The average Bonchev–Trinajstić information content (AvgIpc) is 3.14. The maximum atomic E-state index is 12.6. The molecule has 1 atom stereocenters. The Morgan fingerprint density at radius 3 is 2.35 bits per heavy atom. The molecule has 0 aliphatic carbocycles. The number of amides is 2. The van der Waals surface area contributed by atoms with Crippen molar-refractivity contribution in [3.63, 3.8) is 0 Å². The zero-order chi connectivity index (χ0) is 21.8. The lowest BCUT2D eigenvalue weighted by molar-refractivity contribution is -0.116. The number of nitrogens with zero attached hydrogens (tertiary/aromatic N) is 1. The Morgan fingerprint density at radius 2 is 1.68 bits per heavy atom. The van der Waals surface area contributed by atoms with Gasteiger partial charge in [-0.25, -0.2) is 0 Å². The lowest BCUT2D eigenvalue weighted by Crippen LogP contribution is -2.28. The standard InChI is InChI=1S/C26H26N2O2S/c1-18-14-19(2)16-23(15-18)28-25(30)17-31-26(28)21-9-11-22(12-10-21)27-24(29)13-8-20-6-4-3-5-7-20/h3-7,9-12,14-16,26H,8,13,17H2,1-2H3,(H,27,29)/t26-/m1/s1. The molecule has 1 heterocycles. The van der Waals surface area contributed by atoms with Crippen LogP contribution >= 0.6 is 11.8 Å². The summed E-state index contributed by atoms with van der Waals surface area (Å²) in [6.45, 7) is 4.10. The van der Waals surface area contributed by atoms with Gasteiger partial charge in [0.05, 0.1) is 5.75 Å². The van der Waals surface area contributed by atoms with Gasteiger partial charge < -0.3 is 5.32 Å². The van der Waals surface area contributed by atoms with E-state index in [0.29, 0.717) is 12.2 Å². The van der Waals surface area contributed by atoms with Gasteiger partial charge in [-0.2, -0.15) is 0 Å². The maximum Gasteiger partial charge on any atom is 0.238 e. The van der Waals surface area contributed by atoms with E-state index in [9.17, 15) is 9.59 Å². The second-order valence-electron chi connectivity index (χ2n) is 7.93. The zero-order valence-electron chi connectivity index (χ0n) is 17.8. The monoisotopic (exact) mass is 430 g/mol. The van der Waals surface area contributed by atoms with Crippen LogP contribution in [-0.2, 0) is 16.0 Å². The number of benzene rings is 3. The van der Waals surface area contributed by atoms with Crippen LogP contribution in [-0.4, -0.2) is 17.6 Å². The molecule has 31 heavy (non-hydrogen) atoms. The third kappa shape index (κ3) is 5.17. The zero-order valence-corrected chi connectivity index (χ0v) is 18.6. The largest absolute Gasteiger partial charge is 0.326 e. The van der Waals surface area contributed by atoms with E-state index in [0.717, 1.165) is 40.0 Å². The quantitative estimate of drug-likeness (QED) is 0.549. The topological polar surface area (TPSA) is 49.4 Å². The molecule has 4 rings (SSSR count). The Balaban J connectivity index is 1.43. The maximum absolute atomic E-state index is 12.6. The summed E-state index contributed by atoms with van der Waals surface area (Å²) in [5.41, 5.74) is 6.21. The van der Waals surface area contributed by atoms with Crippen molar-refractivity contribution in [2.24, 2.45) is 0 Å². The van der Waals surface area contributed by atoms with E-state index in [1.54, 1.807) is 11.8 Å². The minimum absolute atomic E-state index is 0.00103. The number of hydrogen-bond acceptors (Lipinski definition) is 3. The summed E-state index contributed by atoms with van der Waals surface area (Å²) in [7, 11) is 0. The van der Waals surface area contributed by atoms with Crippen molar-refractivity contribution in [1.29, 1.82) is 0 Å². The minimum Gasteiger partial charge on any atom is -0.326 e. The van der Waals surface area contributed by atoms with Crippen LogP contribution in [0.5, 0.6) is 0 Å². The van der Waals surface area contributed by atoms with Crippen molar-refractivity contribution < 1.29 is 9.59 Å². The number of hydrogen-bond donors (Lipinski definition) is 1. The lowest BCUT2D eigenvalue weighted by Gasteiger charge is -2.25. The molecule has 0 aromatic heterocycles. The van der Waals surface area contributed by atoms with Crippen LogP contribution in [0.2, 0.25) is 0 Å². The first-order valence-electron chi connectivity index (χ1n) is 10.5. The molecule has 4 nitrogen and oxygen atoms in total. The summed E-state index contributed by atoms with van der Waals surface area (Å²) in [5, 5.41) is 2.91. The predicted octanol–water partition coefficient (Wildman–Crippen LogP) is 5.65. The van der Waals surface area contributed by atoms with Crippen LogP contribution in [0, 0.1) is 13.8 Å². The van der Waals surface area contributed by atoms with Gasteiger partial charge in [-0.15, -0.1) is 11.8 Å². The molecular formula is C26H26N2O2S. The van der Waals surface area contributed by atoms with Gasteiger partial charge in [-0.1, -0.05) is 48.5 Å². The van der Waals surface area contributed by atoms with E-state index in [-0.39, 0.29) is 17.2 Å². The van der Waals surface area contributed by atoms with Gasteiger partial charge in [0.2, 0.25) is 11.8 Å². The van der Waals surface area contributed by atoms with Crippen molar-refractivity contribution in [2.75, 3.05) is 16.0 Å². The van der Waals surface area contributed by atoms with Crippen molar-refractivity contribution in [1.82, 2.24) is 0 Å². The third-order valence-corrected chi connectivity index (χ3v) is 6.53. The summed E-state index contributed by atoms with van der Waals surface area (Å²) < 4.78 is 0. The number of anilines is 2. The van der Waals surface area contributed by atoms with E-state index in [1.807, 2.05) is 59.5 Å². The first kappa shape index (κ1) is 21.2. The van der Waals surface area contributed by atoms with Crippen LogP contribution < -0.4 is 10.2 Å². The Labute approximate surface area is 187 Å². The van der Waals surface area contributed by atoms with E-state index >= 15 is 0 Å². The van der Waals surface area contributed by atoms with Gasteiger partial charge in [0.15, 0.2) is 0 Å². The highest BCUT2D eigenvalue weighted by atomic mass is 32.2. The predicted molar refractivity (Wildman–Crippen MR) is 128 cm³/mol. The SMILES string of the molecule is Cc1cc(C)cc(N2C(=O)CS[C@@H]2c2ccc(NC(=O)CCc3ccccc3)cc2)c1. The fraction of sp³-hybridized carbons (Fsp3) is 0.231. The second kappa shape index (κ2) is 9.40. The minimum atomic E-state index is -0.0588. The number of rotatable bonds is 6. The molecule has 0 spiro atoms. The number of thioether (sulfide) groups is 1. The Kier molecular flexibility index (Phi) is 6.42. The van der Waals surface area contributed by atoms with Crippen LogP contribution in [0.25, 0.3) is 0 Å².